The minimum atomic E-state index is -3.80. The molecule has 240 valence electrons. The van der Waals surface area contributed by atoms with Gasteiger partial charge in [-0.05, 0) is 83.7 Å². The van der Waals surface area contributed by atoms with Crippen molar-refractivity contribution in [3.8, 4) is 0 Å². The van der Waals surface area contributed by atoms with Gasteiger partial charge in [-0.1, -0.05) is 0 Å². The van der Waals surface area contributed by atoms with Gasteiger partial charge in [0.15, 0.2) is 0 Å². The van der Waals surface area contributed by atoms with Crippen LogP contribution in [0.1, 0.15) is 78.6 Å². The smallest absolute Gasteiger partial charge is 0.309 e. The van der Waals surface area contributed by atoms with Crippen molar-refractivity contribution in [1.29, 1.82) is 0 Å². The largest absolute Gasteiger partial charge is 0.466 e. The first-order valence-corrected chi connectivity index (χ1v) is 17.4. The highest BCUT2D eigenvalue weighted by Gasteiger charge is 2.42. The summed E-state index contributed by atoms with van der Waals surface area (Å²) >= 11 is 1.41. The number of amides is 2. The molecule has 2 N–H and O–H groups in total. The summed E-state index contributed by atoms with van der Waals surface area (Å²) < 4.78 is 38.5. The van der Waals surface area contributed by atoms with Crippen LogP contribution in [0.4, 0.5) is 5.00 Å². The second-order valence-corrected chi connectivity index (χ2v) is 15.7. The van der Waals surface area contributed by atoms with Crippen molar-refractivity contribution in [3.05, 3.63) is 45.8 Å². The molecule has 1 aromatic carbocycles. The number of carbonyl (C=O) groups excluding carboxylic acids is 3. The molecule has 0 spiro atoms. The predicted octanol–water partition coefficient (Wildman–Crippen LogP) is 3.60. The number of piperidine rings is 1. The highest BCUT2D eigenvalue weighted by molar-refractivity contribution is 7.89. The van der Waals surface area contributed by atoms with E-state index in [9.17, 15) is 22.8 Å². The van der Waals surface area contributed by atoms with Gasteiger partial charge in [-0.2, -0.15) is 4.31 Å². The van der Waals surface area contributed by atoms with Gasteiger partial charge in [0.05, 0.1) is 36.2 Å². The molecule has 0 saturated carbocycles. The molecule has 0 radical (unpaired) electrons. The summed E-state index contributed by atoms with van der Waals surface area (Å²) in [6, 6.07) is 5.82. The van der Waals surface area contributed by atoms with Crippen LogP contribution in [0.2, 0.25) is 0 Å². The zero-order valence-electron chi connectivity index (χ0n) is 26.0. The predicted molar refractivity (Wildman–Crippen MR) is 167 cm³/mol. The van der Waals surface area contributed by atoms with Gasteiger partial charge in [0.25, 0.3) is 11.8 Å². The first kappa shape index (κ1) is 32.6. The van der Waals surface area contributed by atoms with E-state index in [0.717, 1.165) is 10.4 Å². The summed E-state index contributed by atoms with van der Waals surface area (Å²) in [5.41, 5.74) is 1.08. The Morgan fingerprint density at radius 2 is 1.68 bits per heavy atom. The number of anilines is 1. The van der Waals surface area contributed by atoms with Crippen molar-refractivity contribution in [1.82, 2.24) is 14.5 Å². The van der Waals surface area contributed by atoms with Crippen LogP contribution in [0.3, 0.4) is 0 Å². The summed E-state index contributed by atoms with van der Waals surface area (Å²) in [4.78, 5) is 42.3. The number of rotatable bonds is 7. The quantitative estimate of drug-likeness (QED) is 0.436. The standard InChI is InChI=1S/C31H42N4O7S2/c1-6-42-29(38)21-11-13-35(14-12-21)44(39,40)22-9-7-20(8-10-22)26(36)32-27-24(28(37)34-15-17-41-18-16-34)23-19-30(2,3)33-31(4,5)25(23)43-27/h7-10,21,33H,6,11-19H2,1-5H3,(H,32,36). The van der Waals surface area contributed by atoms with Crippen LogP contribution in [-0.4, -0.2) is 86.9 Å². The molecule has 0 atom stereocenters. The van der Waals surface area contributed by atoms with Crippen LogP contribution >= 0.6 is 11.3 Å². The Morgan fingerprint density at radius 1 is 1.05 bits per heavy atom. The van der Waals surface area contributed by atoms with E-state index in [1.165, 1.54) is 39.9 Å². The van der Waals surface area contributed by atoms with E-state index in [0.29, 0.717) is 62.7 Å². The van der Waals surface area contributed by atoms with Crippen LogP contribution < -0.4 is 10.6 Å². The fraction of sp³-hybridized carbons (Fsp3) is 0.581. The number of morpholine rings is 1. The lowest BCUT2D eigenvalue weighted by Crippen LogP contribution is -2.55. The highest BCUT2D eigenvalue weighted by atomic mass is 32.2. The number of nitrogens with zero attached hydrogens (tertiary/aromatic N) is 2. The van der Waals surface area contributed by atoms with Gasteiger partial charge in [0, 0.05) is 47.7 Å². The van der Waals surface area contributed by atoms with Gasteiger partial charge in [-0.15, -0.1) is 11.3 Å². The Labute approximate surface area is 263 Å². The van der Waals surface area contributed by atoms with Crippen LogP contribution in [-0.2, 0) is 36.3 Å². The molecule has 2 amide bonds. The Balaban J connectivity index is 1.36. The number of hydrogen-bond acceptors (Lipinski definition) is 9. The van der Waals surface area contributed by atoms with Crippen molar-refractivity contribution in [3.63, 3.8) is 0 Å². The summed E-state index contributed by atoms with van der Waals surface area (Å²) in [7, 11) is -3.80. The summed E-state index contributed by atoms with van der Waals surface area (Å²) in [6.07, 6.45) is 1.43. The topological polar surface area (TPSA) is 134 Å². The van der Waals surface area contributed by atoms with E-state index < -0.39 is 21.5 Å². The van der Waals surface area contributed by atoms with E-state index in [-0.39, 0.29) is 46.9 Å². The maximum atomic E-state index is 13.9. The van der Waals surface area contributed by atoms with Gasteiger partial charge in [0.1, 0.15) is 5.00 Å². The van der Waals surface area contributed by atoms with E-state index in [1.54, 1.807) is 11.8 Å². The molecule has 3 aliphatic rings. The summed E-state index contributed by atoms with van der Waals surface area (Å²) in [6.45, 7) is 12.8. The molecule has 0 unspecified atom stereocenters. The number of benzene rings is 1. The van der Waals surface area contributed by atoms with Gasteiger partial charge >= 0.3 is 5.97 Å². The molecule has 2 saturated heterocycles. The maximum Gasteiger partial charge on any atom is 0.309 e. The fourth-order valence-corrected chi connectivity index (χ4v) is 9.19. The molecule has 0 bridgehead atoms. The van der Waals surface area contributed by atoms with Crippen molar-refractivity contribution in [2.45, 2.75) is 69.9 Å². The minimum absolute atomic E-state index is 0.0773. The zero-order chi connectivity index (χ0) is 31.9. The summed E-state index contributed by atoms with van der Waals surface area (Å²) in [5, 5.41) is 7.14. The molecule has 11 nitrogen and oxygen atoms in total. The van der Waals surface area contributed by atoms with Gasteiger partial charge in [-0.25, -0.2) is 8.42 Å². The number of hydrogen-bond donors (Lipinski definition) is 2. The Bertz CT molecular complexity index is 1520. The lowest BCUT2D eigenvalue weighted by Gasteiger charge is -2.42. The van der Waals surface area contributed by atoms with Gasteiger partial charge in [-0.3, -0.25) is 14.4 Å². The highest BCUT2D eigenvalue weighted by Crippen LogP contribution is 2.45. The number of esters is 1. The third-order valence-electron chi connectivity index (χ3n) is 8.41. The second kappa shape index (κ2) is 12.5. The maximum absolute atomic E-state index is 13.9. The average molecular weight is 647 g/mol. The van der Waals surface area contributed by atoms with E-state index in [1.807, 2.05) is 0 Å². The van der Waals surface area contributed by atoms with E-state index in [2.05, 4.69) is 38.3 Å². The molecule has 2 fully saturated rings. The third kappa shape index (κ3) is 6.57. The van der Waals surface area contributed by atoms with Crippen molar-refractivity contribution in [2.24, 2.45) is 5.92 Å². The molecule has 0 aliphatic carbocycles. The van der Waals surface area contributed by atoms with Crippen LogP contribution in [0, 0.1) is 5.92 Å². The molecule has 4 heterocycles. The number of sulfonamides is 1. The van der Waals surface area contributed by atoms with Crippen molar-refractivity contribution in [2.75, 3.05) is 51.3 Å². The Morgan fingerprint density at radius 3 is 2.30 bits per heavy atom. The third-order valence-corrected chi connectivity index (χ3v) is 11.8. The van der Waals surface area contributed by atoms with Crippen molar-refractivity contribution >= 4 is 44.1 Å². The van der Waals surface area contributed by atoms with Crippen LogP contribution in [0.25, 0.3) is 0 Å². The Kier molecular flexibility index (Phi) is 9.26. The first-order valence-electron chi connectivity index (χ1n) is 15.1. The van der Waals surface area contributed by atoms with Gasteiger partial charge in [0.2, 0.25) is 10.0 Å². The molecular formula is C31H42N4O7S2. The first-order chi connectivity index (χ1) is 20.7. The normalized spacial score (nSPS) is 20.5. The molecule has 2 aromatic rings. The SMILES string of the molecule is CCOC(=O)C1CCN(S(=O)(=O)c2ccc(C(=O)Nc3sc4c(c3C(=O)N3CCOCC3)CC(C)(C)NC4(C)C)cc2)CC1. The van der Waals surface area contributed by atoms with E-state index >= 15 is 0 Å². The monoisotopic (exact) mass is 646 g/mol. The molecule has 3 aliphatic heterocycles. The van der Waals surface area contributed by atoms with Crippen molar-refractivity contribution < 1.29 is 32.3 Å². The Hall–Kier alpha value is -2.84. The zero-order valence-corrected chi connectivity index (χ0v) is 27.7. The lowest BCUT2D eigenvalue weighted by molar-refractivity contribution is -0.149. The number of nitrogens with one attached hydrogen (secondary N) is 2. The van der Waals surface area contributed by atoms with Gasteiger partial charge < -0.3 is 25.0 Å². The second-order valence-electron chi connectivity index (χ2n) is 12.7. The molecule has 5 rings (SSSR count). The molecular weight excluding hydrogens is 604 g/mol. The number of ether oxygens (including phenoxy) is 2. The molecule has 44 heavy (non-hydrogen) atoms. The molecule has 1 aromatic heterocycles. The average Bonchev–Trinajstić information content (AvgIpc) is 3.34. The lowest BCUT2D eigenvalue weighted by atomic mass is 9.81. The number of thiophene rings is 1. The number of carbonyl (C=O) groups is 3. The number of fused-ring (bicyclic) bond motifs is 1. The van der Waals surface area contributed by atoms with Crippen LogP contribution in [0.5, 0.6) is 0 Å². The summed E-state index contributed by atoms with van der Waals surface area (Å²) in [5.74, 6) is -1.14. The van der Waals surface area contributed by atoms with E-state index in [4.69, 9.17) is 9.47 Å². The fourth-order valence-electron chi connectivity index (χ4n) is 6.46. The molecule has 13 heteroatoms. The minimum Gasteiger partial charge on any atom is -0.466 e. The van der Waals surface area contributed by atoms with Crippen LogP contribution in [0.15, 0.2) is 29.2 Å².